The number of nitrogens with zero attached hydrogens (tertiary/aromatic N) is 1. The third-order valence-electron chi connectivity index (χ3n) is 3.59. The van der Waals surface area contributed by atoms with Gasteiger partial charge in [-0.05, 0) is 26.1 Å². The van der Waals surface area contributed by atoms with Gasteiger partial charge >= 0.3 is 5.97 Å². The van der Waals surface area contributed by atoms with Crippen molar-refractivity contribution in [2.45, 2.75) is 58.1 Å². The Morgan fingerprint density at radius 1 is 1.30 bits per heavy atom. The monoisotopic (exact) mass is 346 g/mol. The Morgan fingerprint density at radius 3 is 2.48 bits per heavy atom. The lowest BCUT2D eigenvalue weighted by molar-refractivity contribution is -0.219. The number of carbonyl (C=O) groups is 2. The van der Waals surface area contributed by atoms with Crippen molar-refractivity contribution in [3.8, 4) is 0 Å². The fourth-order valence-corrected chi connectivity index (χ4v) is 2.90. The molecule has 9 heteroatoms. The summed E-state index contributed by atoms with van der Waals surface area (Å²) in [4.78, 5) is 24.5. The first-order chi connectivity index (χ1) is 10.6. The lowest BCUT2D eigenvalue weighted by Crippen LogP contribution is -2.49. The highest BCUT2D eigenvalue weighted by atomic mass is 32.1. The average molecular weight is 346 g/mol. The van der Waals surface area contributed by atoms with Gasteiger partial charge in [0.05, 0.1) is 6.54 Å². The molecule has 130 valence electrons. The van der Waals surface area contributed by atoms with Gasteiger partial charge in [0.2, 0.25) is 5.91 Å². The van der Waals surface area contributed by atoms with Gasteiger partial charge < -0.3 is 24.3 Å². The van der Waals surface area contributed by atoms with Crippen molar-refractivity contribution in [2.75, 3.05) is 13.6 Å². The number of nitrogens with one attached hydrogen (secondary N) is 1. The molecule has 0 unspecified atom stereocenters. The van der Waals surface area contributed by atoms with Crippen LogP contribution in [0.25, 0.3) is 0 Å². The summed E-state index contributed by atoms with van der Waals surface area (Å²) in [6.45, 7) is 6.36. The first kappa shape index (κ1) is 18.1. The van der Waals surface area contributed by atoms with Crippen LogP contribution >= 0.6 is 12.2 Å². The standard InChI is InChI=1S/C14H22N2O6S/c1-7(17)16(13(23)15-5)6-9-10(19-8(2)18)11-12(20-9)22-14(3,4)21-11/h9-12H,6H2,1-5H3,(H,15,23)/t9-,10+,11-,12-/m1/s1. The van der Waals surface area contributed by atoms with Crippen molar-refractivity contribution >= 4 is 29.2 Å². The molecule has 8 nitrogen and oxygen atoms in total. The van der Waals surface area contributed by atoms with Crippen molar-refractivity contribution in [1.82, 2.24) is 10.2 Å². The van der Waals surface area contributed by atoms with E-state index in [2.05, 4.69) is 5.32 Å². The van der Waals surface area contributed by atoms with Gasteiger partial charge in [0, 0.05) is 20.9 Å². The Labute approximate surface area is 140 Å². The van der Waals surface area contributed by atoms with Gasteiger partial charge in [-0.2, -0.15) is 0 Å². The van der Waals surface area contributed by atoms with E-state index >= 15 is 0 Å². The van der Waals surface area contributed by atoms with Crippen LogP contribution < -0.4 is 5.32 Å². The van der Waals surface area contributed by atoms with E-state index in [-0.39, 0.29) is 17.6 Å². The van der Waals surface area contributed by atoms with Crippen LogP contribution in [-0.4, -0.2) is 65.9 Å². The van der Waals surface area contributed by atoms with Crippen LogP contribution in [0.4, 0.5) is 0 Å². The van der Waals surface area contributed by atoms with E-state index in [1.807, 2.05) is 0 Å². The summed E-state index contributed by atoms with van der Waals surface area (Å²) in [7, 11) is 1.63. The predicted octanol–water partition coefficient (Wildman–Crippen LogP) is 0.147. The van der Waals surface area contributed by atoms with Gasteiger partial charge in [0.25, 0.3) is 0 Å². The minimum atomic E-state index is -0.820. The Hall–Kier alpha value is -1.29. The number of rotatable bonds is 3. The summed E-state index contributed by atoms with van der Waals surface area (Å²) in [5, 5.41) is 3.02. The van der Waals surface area contributed by atoms with Crippen LogP contribution in [0.3, 0.4) is 0 Å². The van der Waals surface area contributed by atoms with E-state index in [0.29, 0.717) is 0 Å². The highest BCUT2D eigenvalue weighted by Gasteiger charge is 2.56. The van der Waals surface area contributed by atoms with Crippen LogP contribution in [0.1, 0.15) is 27.7 Å². The molecule has 0 spiro atoms. The lowest BCUT2D eigenvalue weighted by Gasteiger charge is -2.29. The van der Waals surface area contributed by atoms with Gasteiger partial charge in [-0.1, -0.05) is 0 Å². The number of hydrogen-bond donors (Lipinski definition) is 1. The van der Waals surface area contributed by atoms with Crippen LogP contribution in [0.5, 0.6) is 0 Å². The topological polar surface area (TPSA) is 86.3 Å². The van der Waals surface area contributed by atoms with E-state index in [4.69, 9.17) is 31.2 Å². The molecule has 23 heavy (non-hydrogen) atoms. The highest BCUT2D eigenvalue weighted by Crippen LogP contribution is 2.39. The van der Waals surface area contributed by atoms with Gasteiger partial charge in [0.1, 0.15) is 6.10 Å². The quantitative estimate of drug-likeness (QED) is 0.571. The molecule has 0 aromatic rings. The lowest BCUT2D eigenvalue weighted by atomic mass is 10.1. The average Bonchev–Trinajstić information content (AvgIpc) is 2.88. The zero-order chi connectivity index (χ0) is 17.4. The number of amides is 1. The van der Waals surface area contributed by atoms with Crippen LogP contribution in [0.2, 0.25) is 0 Å². The van der Waals surface area contributed by atoms with Gasteiger partial charge in [-0.15, -0.1) is 0 Å². The maximum absolute atomic E-state index is 11.8. The van der Waals surface area contributed by atoms with E-state index in [1.165, 1.54) is 18.7 Å². The van der Waals surface area contributed by atoms with Crippen molar-refractivity contribution in [3.05, 3.63) is 0 Å². The second-order valence-electron chi connectivity index (χ2n) is 5.90. The molecule has 2 saturated heterocycles. The number of esters is 1. The summed E-state index contributed by atoms with van der Waals surface area (Å²) in [6, 6.07) is 0. The normalized spacial score (nSPS) is 31.3. The zero-order valence-corrected chi connectivity index (χ0v) is 14.6. The van der Waals surface area contributed by atoms with Crippen LogP contribution in [0.15, 0.2) is 0 Å². The molecule has 0 bridgehead atoms. The first-order valence-electron chi connectivity index (χ1n) is 7.32. The van der Waals surface area contributed by atoms with E-state index in [0.717, 1.165) is 0 Å². The van der Waals surface area contributed by atoms with Crippen molar-refractivity contribution < 1.29 is 28.5 Å². The number of thiocarbonyl (C=S) groups is 1. The smallest absolute Gasteiger partial charge is 0.303 e. The van der Waals surface area contributed by atoms with Crippen molar-refractivity contribution in [3.63, 3.8) is 0 Å². The number of ether oxygens (including phenoxy) is 4. The molecular weight excluding hydrogens is 324 g/mol. The Morgan fingerprint density at radius 2 is 1.96 bits per heavy atom. The molecule has 0 aromatic heterocycles. The number of carbonyl (C=O) groups excluding carboxylic acids is 2. The molecule has 2 heterocycles. The molecule has 0 radical (unpaired) electrons. The van der Waals surface area contributed by atoms with Crippen LogP contribution in [-0.2, 0) is 28.5 Å². The fourth-order valence-electron chi connectivity index (χ4n) is 2.70. The van der Waals surface area contributed by atoms with E-state index in [1.54, 1.807) is 20.9 Å². The second kappa shape index (κ2) is 6.68. The molecule has 0 saturated carbocycles. The summed E-state index contributed by atoms with van der Waals surface area (Å²) in [5.74, 6) is -1.52. The minimum absolute atomic E-state index is 0.132. The predicted molar refractivity (Wildman–Crippen MR) is 83.3 cm³/mol. The summed E-state index contributed by atoms with van der Waals surface area (Å²) < 4.78 is 22.6. The first-order valence-corrected chi connectivity index (χ1v) is 7.73. The molecule has 0 aromatic carbocycles. The molecule has 2 aliphatic heterocycles. The largest absolute Gasteiger partial charge is 0.457 e. The molecule has 2 rings (SSSR count). The Kier molecular flexibility index (Phi) is 5.24. The minimum Gasteiger partial charge on any atom is -0.457 e. The van der Waals surface area contributed by atoms with Gasteiger partial charge in [-0.3, -0.25) is 14.5 Å². The number of hydrogen-bond acceptors (Lipinski definition) is 7. The highest BCUT2D eigenvalue weighted by molar-refractivity contribution is 7.80. The third kappa shape index (κ3) is 3.97. The fraction of sp³-hybridized carbons (Fsp3) is 0.786. The summed E-state index contributed by atoms with van der Waals surface area (Å²) in [5.41, 5.74) is 0. The van der Waals surface area contributed by atoms with Gasteiger partial charge in [-0.25, -0.2) is 0 Å². The summed E-state index contributed by atoms with van der Waals surface area (Å²) in [6.07, 6.45) is -2.48. The molecule has 0 aliphatic carbocycles. The van der Waals surface area contributed by atoms with Crippen molar-refractivity contribution in [1.29, 1.82) is 0 Å². The molecule has 1 amide bonds. The molecule has 2 aliphatic rings. The van der Waals surface area contributed by atoms with Gasteiger partial charge in [0.15, 0.2) is 29.4 Å². The maximum Gasteiger partial charge on any atom is 0.303 e. The Balaban J connectivity index is 2.16. The van der Waals surface area contributed by atoms with E-state index in [9.17, 15) is 9.59 Å². The zero-order valence-electron chi connectivity index (χ0n) is 13.8. The summed E-state index contributed by atoms with van der Waals surface area (Å²) >= 11 is 5.12. The van der Waals surface area contributed by atoms with Crippen LogP contribution in [0, 0.1) is 0 Å². The van der Waals surface area contributed by atoms with E-state index < -0.39 is 36.4 Å². The third-order valence-corrected chi connectivity index (χ3v) is 4.02. The number of fused-ring (bicyclic) bond motifs is 1. The molecule has 2 fully saturated rings. The molecule has 1 N–H and O–H groups in total. The molecular formula is C14H22N2O6S. The Bertz CT molecular complexity index is 511. The SMILES string of the molecule is CNC(=S)N(C[C@H]1O[C@@H]2OC(C)(C)O[C@@H]2[C@H]1OC(C)=O)C(C)=O. The maximum atomic E-state index is 11.8. The second-order valence-corrected chi connectivity index (χ2v) is 6.29. The molecule has 4 atom stereocenters. The van der Waals surface area contributed by atoms with Crippen molar-refractivity contribution in [2.24, 2.45) is 0 Å².